The van der Waals surface area contributed by atoms with E-state index in [1.54, 1.807) is 0 Å². The van der Waals surface area contributed by atoms with Gasteiger partial charge >= 0.3 is 5.97 Å². The maximum Gasteiger partial charge on any atom is 0.330 e. The Labute approximate surface area is 323 Å². The van der Waals surface area contributed by atoms with Gasteiger partial charge in [0.15, 0.2) is 22.4 Å². The average molecular weight is 845 g/mol. The summed E-state index contributed by atoms with van der Waals surface area (Å²) >= 11 is 2.33. The molecule has 0 amide bonds. The molecule has 2 fully saturated rings. The number of ether oxygens (including phenoxy) is 3. The molecule has 2 saturated heterocycles. The molecular formula is C41H73IO6Si2. The Kier molecular flexibility index (Phi) is 17.0. The lowest BCUT2D eigenvalue weighted by Gasteiger charge is -2.47. The highest BCUT2D eigenvalue weighted by molar-refractivity contribution is 14.1. The number of carbonyl (C=O) groups is 1. The van der Waals surface area contributed by atoms with E-state index in [2.05, 4.69) is 146 Å². The molecular weight excluding hydrogens is 772 g/mol. The molecule has 2 aliphatic heterocycles. The number of unbranched alkanes of at least 4 members (excludes halogenated alkanes) is 1. The van der Waals surface area contributed by atoms with E-state index in [-0.39, 0.29) is 45.9 Å². The Hall–Kier alpha value is -0.566. The van der Waals surface area contributed by atoms with Gasteiger partial charge in [-0.25, -0.2) is 4.79 Å². The molecule has 1 spiro atoms. The molecule has 0 saturated carbocycles. The summed E-state index contributed by atoms with van der Waals surface area (Å²) in [6.45, 7) is 31.7. The maximum absolute atomic E-state index is 11.8. The third-order valence-electron chi connectivity index (χ3n) is 12.0. The van der Waals surface area contributed by atoms with E-state index >= 15 is 0 Å². The summed E-state index contributed by atoms with van der Waals surface area (Å²) < 4.78 is 35.3. The summed E-state index contributed by atoms with van der Waals surface area (Å²) in [6.07, 6.45) is 20.0. The summed E-state index contributed by atoms with van der Waals surface area (Å²) in [5, 5.41) is 0.182. The molecule has 0 bridgehead atoms. The van der Waals surface area contributed by atoms with Crippen molar-refractivity contribution in [3.05, 3.63) is 46.1 Å². The first kappa shape index (κ1) is 45.6. The molecule has 0 aromatic rings. The SMILES string of the molecule is CCCC[C@]1([C@H](/C=C/I)O[Si](C)(C)C(C)(C)C)CC[C@]2(CC[C@H](C)[C@@H](C/C=C(C)/C=C/[C@H](O[Si](C)(C)C(C)(C)C)[C@@H](C)/C=C/C(=O)OC)O2)O1. The molecule has 0 aliphatic carbocycles. The predicted molar refractivity (Wildman–Crippen MR) is 224 cm³/mol. The zero-order chi connectivity index (χ0) is 38.2. The van der Waals surface area contributed by atoms with Gasteiger partial charge in [0.05, 0.1) is 25.4 Å². The quantitative estimate of drug-likeness (QED) is 0.0507. The van der Waals surface area contributed by atoms with E-state index in [0.29, 0.717) is 5.92 Å². The van der Waals surface area contributed by atoms with Crippen LogP contribution >= 0.6 is 22.6 Å². The van der Waals surface area contributed by atoms with Crippen molar-refractivity contribution in [2.75, 3.05) is 7.11 Å². The number of allylic oxidation sites excluding steroid dienone is 2. The van der Waals surface area contributed by atoms with Crippen molar-refractivity contribution in [3.8, 4) is 0 Å². The molecule has 2 aliphatic rings. The van der Waals surface area contributed by atoms with Crippen LogP contribution in [0.2, 0.25) is 36.3 Å². The van der Waals surface area contributed by atoms with Crippen LogP contribution in [0.5, 0.6) is 0 Å². The second kappa shape index (κ2) is 18.7. The molecule has 0 aromatic heterocycles. The minimum absolute atomic E-state index is 0.00724. The lowest BCUT2D eigenvalue weighted by Crippen LogP contribution is -2.54. The molecule has 7 atom stereocenters. The number of carbonyl (C=O) groups excluding carboxylic acids is 1. The van der Waals surface area contributed by atoms with Crippen molar-refractivity contribution in [1.82, 2.24) is 0 Å². The molecule has 0 unspecified atom stereocenters. The molecule has 6 nitrogen and oxygen atoms in total. The summed E-state index contributed by atoms with van der Waals surface area (Å²) in [6, 6.07) is 0. The molecule has 0 N–H and O–H groups in total. The van der Waals surface area contributed by atoms with E-state index in [1.807, 2.05) is 6.08 Å². The van der Waals surface area contributed by atoms with Crippen molar-refractivity contribution in [1.29, 1.82) is 0 Å². The summed E-state index contributed by atoms with van der Waals surface area (Å²) in [5.41, 5.74) is 0.790. The molecule has 0 aromatic carbocycles. The number of rotatable bonds is 16. The van der Waals surface area contributed by atoms with E-state index in [4.69, 9.17) is 23.1 Å². The van der Waals surface area contributed by atoms with Crippen LogP contribution in [0.25, 0.3) is 0 Å². The largest absolute Gasteiger partial charge is 0.466 e. The van der Waals surface area contributed by atoms with Crippen LogP contribution in [0.15, 0.2) is 46.1 Å². The summed E-state index contributed by atoms with van der Waals surface area (Å²) in [7, 11) is -2.71. The highest BCUT2D eigenvalue weighted by Gasteiger charge is 2.57. The third-order valence-corrected chi connectivity index (χ3v) is 21.3. The fourth-order valence-corrected chi connectivity index (χ4v) is 9.22. The number of methoxy groups -OCH3 is 1. The first-order valence-electron chi connectivity index (χ1n) is 19.1. The van der Waals surface area contributed by atoms with Gasteiger partial charge in [-0.2, -0.15) is 0 Å². The maximum atomic E-state index is 11.8. The summed E-state index contributed by atoms with van der Waals surface area (Å²) in [5.74, 6) is -0.473. The third kappa shape index (κ3) is 12.5. The zero-order valence-corrected chi connectivity index (χ0v) is 38.6. The molecule has 2 heterocycles. The molecule has 2 rings (SSSR count). The number of esters is 1. The van der Waals surface area contributed by atoms with E-state index in [0.717, 1.165) is 51.4 Å². The topological polar surface area (TPSA) is 63.2 Å². The Morgan fingerprint density at radius 1 is 0.960 bits per heavy atom. The monoisotopic (exact) mass is 844 g/mol. The van der Waals surface area contributed by atoms with Crippen LogP contribution in [0.1, 0.15) is 121 Å². The van der Waals surface area contributed by atoms with Gasteiger partial charge in [-0.1, -0.05) is 128 Å². The van der Waals surface area contributed by atoms with Crippen molar-refractivity contribution in [2.24, 2.45) is 11.8 Å². The lowest BCUT2D eigenvalue weighted by atomic mass is 9.86. The van der Waals surface area contributed by atoms with Gasteiger partial charge in [-0.3, -0.25) is 0 Å². The Bertz CT molecular complexity index is 1210. The standard InChI is InChI=1S/C41H73IO6Si2/c1-16-17-26-40(36(25-30-42)47-50(14,15)39(8,9)10)28-29-41(48-40)27-24-33(4)34(45-41)21-18-31(2)19-22-35(32(3)20-23-37(43)44-11)46-49(12,13)38(5,6)7/h18-20,22-23,25,30,32-36H,16-17,21,24,26-29H2,1-15H3/b22-19+,23-20+,30-25+,31-18+/t32-,33-,34+,35-,36-,40+,41-/m0/s1. The smallest absolute Gasteiger partial charge is 0.330 e. The Morgan fingerprint density at radius 3 is 2.14 bits per heavy atom. The van der Waals surface area contributed by atoms with E-state index < -0.39 is 22.4 Å². The van der Waals surface area contributed by atoms with E-state index in [9.17, 15) is 4.79 Å². The van der Waals surface area contributed by atoms with Crippen LogP contribution < -0.4 is 0 Å². The molecule has 9 heteroatoms. The van der Waals surface area contributed by atoms with Gasteiger partial charge < -0.3 is 23.1 Å². The Morgan fingerprint density at radius 2 is 1.58 bits per heavy atom. The van der Waals surface area contributed by atoms with E-state index in [1.165, 1.54) is 18.8 Å². The van der Waals surface area contributed by atoms with Crippen LogP contribution in [0.4, 0.5) is 0 Å². The first-order valence-corrected chi connectivity index (χ1v) is 26.1. The van der Waals surface area contributed by atoms with Gasteiger partial charge in [0.1, 0.15) is 5.60 Å². The van der Waals surface area contributed by atoms with Crippen molar-refractivity contribution in [2.45, 2.75) is 187 Å². The van der Waals surface area contributed by atoms with Crippen LogP contribution in [-0.2, 0) is 27.9 Å². The van der Waals surface area contributed by atoms with Gasteiger partial charge in [0.25, 0.3) is 0 Å². The van der Waals surface area contributed by atoms with Gasteiger partial charge in [-0.15, -0.1) is 0 Å². The number of hydrogen-bond acceptors (Lipinski definition) is 6. The van der Waals surface area contributed by atoms with Gasteiger partial charge in [-0.05, 0) is 84.9 Å². The Balaban J connectivity index is 2.30. The van der Waals surface area contributed by atoms with Crippen LogP contribution in [0, 0.1) is 11.8 Å². The minimum atomic E-state index is -2.06. The van der Waals surface area contributed by atoms with Crippen molar-refractivity contribution in [3.63, 3.8) is 0 Å². The molecule has 50 heavy (non-hydrogen) atoms. The zero-order valence-electron chi connectivity index (χ0n) is 34.4. The predicted octanol–water partition coefficient (Wildman–Crippen LogP) is 12.2. The number of halogens is 1. The molecule has 0 radical (unpaired) electrons. The fraction of sp³-hybridized carbons (Fsp3) is 0.780. The highest BCUT2D eigenvalue weighted by Crippen LogP contribution is 2.52. The molecule has 288 valence electrons. The minimum Gasteiger partial charge on any atom is -0.466 e. The average Bonchev–Trinajstić information content (AvgIpc) is 3.38. The normalized spacial score (nSPS) is 27.9. The van der Waals surface area contributed by atoms with Crippen LogP contribution in [0.3, 0.4) is 0 Å². The summed E-state index contributed by atoms with van der Waals surface area (Å²) in [4.78, 5) is 11.8. The van der Waals surface area contributed by atoms with Gasteiger partial charge in [0.2, 0.25) is 0 Å². The van der Waals surface area contributed by atoms with Crippen molar-refractivity contribution >= 4 is 45.2 Å². The highest BCUT2D eigenvalue weighted by atomic mass is 127. The number of hydrogen-bond donors (Lipinski definition) is 0. The fourth-order valence-electron chi connectivity index (χ4n) is 6.24. The second-order valence-corrected chi connectivity index (χ2v) is 28.3. The van der Waals surface area contributed by atoms with Crippen molar-refractivity contribution < 1.29 is 27.9 Å². The van der Waals surface area contributed by atoms with Crippen LogP contribution in [-0.4, -0.2) is 59.4 Å². The van der Waals surface area contributed by atoms with Gasteiger partial charge in [0, 0.05) is 24.8 Å². The first-order chi connectivity index (χ1) is 23.0. The lowest BCUT2D eigenvalue weighted by molar-refractivity contribution is -0.306. The second-order valence-electron chi connectivity index (χ2n) is 18.1.